The molecule has 0 saturated carbocycles. The van der Waals surface area contributed by atoms with E-state index in [9.17, 15) is 0 Å². The molecule has 2 saturated heterocycles. The smallest absolute Gasteiger partial charge is 0.227 e. The first-order valence-electron chi connectivity index (χ1n) is 8.43. The summed E-state index contributed by atoms with van der Waals surface area (Å²) in [6.07, 6.45) is 1.71. The Morgan fingerprint density at radius 1 is 1.04 bits per heavy atom. The minimum absolute atomic E-state index is 0.370. The molecule has 1 N–H and O–H groups in total. The number of aromatic nitrogens is 2. The van der Waals surface area contributed by atoms with Crippen molar-refractivity contribution in [2.24, 2.45) is 0 Å². The van der Waals surface area contributed by atoms with Gasteiger partial charge >= 0.3 is 0 Å². The van der Waals surface area contributed by atoms with Crippen LogP contribution in [-0.4, -0.2) is 42.1 Å². The zero-order valence-corrected chi connectivity index (χ0v) is 13.9. The van der Waals surface area contributed by atoms with Crippen molar-refractivity contribution < 1.29 is 9.47 Å². The van der Waals surface area contributed by atoms with E-state index in [4.69, 9.17) is 9.47 Å². The molecular formula is C18H22N4O2. The van der Waals surface area contributed by atoms with E-state index in [1.54, 1.807) is 0 Å². The Bertz CT molecular complexity index is 691. The second-order valence-electron chi connectivity index (χ2n) is 6.28. The SMILES string of the molecule is Cc1cc(Nc2ccccc2)nc(N2CCC3(CC2)OCCO3)n1. The Labute approximate surface area is 141 Å². The van der Waals surface area contributed by atoms with Crippen LogP contribution in [0.15, 0.2) is 36.4 Å². The van der Waals surface area contributed by atoms with Crippen molar-refractivity contribution in [1.29, 1.82) is 0 Å². The number of anilines is 3. The third-order valence-corrected chi connectivity index (χ3v) is 4.51. The fraction of sp³-hybridized carbons (Fsp3) is 0.444. The van der Waals surface area contributed by atoms with Crippen molar-refractivity contribution in [3.8, 4) is 0 Å². The number of nitrogens with one attached hydrogen (secondary N) is 1. The normalized spacial score (nSPS) is 19.6. The minimum Gasteiger partial charge on any atom is -0.347 e. The van der Waals surface area contributed by atoms with Crippen molar-refractivity contribution in [3.05, 3.63) is 42.1 Å². The van der Waals surface area contributed by atoms with Crippen LogP contribution in [0.1, 0.15) is 18.5 Å². The summed E-state index contributed by atoms with van der Waals surface area (Å²) in [6.45, 7) is 5.08. The van der Waals surface area contributed by atoms with Crippen molar-refractivity contribution in [1.82, 2.24) is 9.97 Å². The largest absolute Gasteiger partial charge is 0.347 e. The Hall–Kier alpha value is -2.18. The van der Waals surface area contributed by atoms with Crippen LogP contribution in [0.2, 0.25) is 0 Å². The topological polar surface area (TPSA) is 59.5 Å². The maximum Gasteiger partial charge on any atom is 0.227 e. The summed E-state index contributed by atoms with van der Waals surface area (Å²) >= 11 is 0. The fourth-order valence-electron chi connectivity index (χ4n) is 3.26. The number of hydrogen-bond donors (Lipinski definition) is 1. The minimum atomic E-state index is -0.370. The zero-order chi connectivity index (χ0) is 16.4. The van der Waals surface area contributed by atoms with E-state index in [-0.39, 0.29) is 5.79 Å². The van der Waals surface area contributed by atoms with Gasteiger partial charge in [0.05, 0.1) is 13.2 Å². The van der Waals surface area contributed by atoms with Gasteiger partial charge in [-0.25, -0.2) is 4.98 Å². The van der Waals surface area contributed by atoms with Crippen LogP contribution in [-0.2, 0) is 9.47 Å². The number of piperidine rings is 1. The highest BCUT2D eigenvalue weighted by atomic mass is 16.7. The maximum atomic E-state index is 5.79. The highest BCUT2D eigenvalue weighted by Crippen LogP contribution is 2.32. The summed E-state index contributed by atoms with van der Waals surface area (Å²) in [5, 5.41) is 3.35. The molecule has 0 aliphatic carbocycles. The summed E-state index contributed by atoms with van der Waals surface area (Å²) in [7, 11) is 0. The lowest BCUT2D eigenvalue weighted by Crippen LogP contribution is -2.45. The van der Waals surface area contributed by atoms with Crippen LogP contribution < -0.4 is 10.2 Å². The Morgan fingerprint density at radius 2 is 1.75 bits per heavy atom. The standard InChI is InChI=1S/C18H22N4O2/c1-14-13-16(20-15-5-3-2-4-6-15)21-17(19-14)22-9-7-18(8-10-22)23-11-12-24-18/h2-6,13H,7-12H2,1H3,(H,19,20,21). The predicted octanol–water partition coefficient (Wildman–Crippen LogP) is 2.87. The van der Waals surface area contributed by atoms with E-state index >= 15 is 0 Å². The Kier molecular flexibility index (Phi) is 4.08. The van der Waals surface area contributed by atoms with E-state index in [1.807, 2.05) is 43.3 Å². The molecule has 2 aromatic rings. The van der Waals surface area contributed by atoms with E-state index in [0.29, 0.717) is 13.2 Å². The van der Waals surface area contributed by atoms with Crippen LogP contribution in [0.5, 0.6) is 0 Å². The molecule has 1 aromatic heterocycles. The fourth-order valence-corrected chi connectivity index (χ4v) is 3.26. The molecule has 6 heteroatoms. The van der Waals surface area contributed by atoms with Gasteiger partial charge in [0.2, 0.25) is 5.95 Å². The van der Waals surface area contributed by atoms with Crippen molar-refractivity contribution in [2.45, 2.75) is 25.6 Å². The molecule has 4 rings (SSSR count). The third-order valence-electron chi connectivity index (χ3n) is 4.51. The molecule has 2 fully saturated rings. The summed E-state index contributed by atoms with van der Waals surface area (Å²) < 4.78 is 11.6. The Morgan fingerprint density at radius 3 is 2.46 bits per heavy atom. The summed E-state index contributed by atoms with van der Waals surface area (Å²) in [5.41, 5.74) is 1.97. The second-order valence-corrected chi connectivity index (χ2v) is 6.28. The number of benzene rings is 1. The zero-order valence-electron chi connectivity index (χ0n) is 13.9. The number of para-hydroxylation sites is 1. The first kappa shape index (κ1) is 15.4. The summed E-state index contributed by atoms with van der Waals surface area (Å²) in [6, 6.07) is 12.0. The van der Waals surface area contributed by atoms with Gasteiger partial charge in [0.15, 0.2) is 5.79 Å². The van der Waals surface area contributed by atoms with Crippen molar-refractivity contribution in [3.63, 3.8) is 0 Å². The lowest BCUT2D eigenvalue weighted by molar-refractivity contribution is -0.169. The monoisotopic (exact) mass is 326 g/mol. The quantitative estimate of drug-likeness (QED) is 0.936. The van der Waals surface area contributed by atoms with Crippen molar-refractivity contribution in [2.75, 3.05) is 36.5 Å². The molecule has 24 heavy (non-hydrogen) atoms. The van der Waals surface area contributed by atoms with E-state index in [0.717, 1.165) is 49.1 Å². The molecule has 3 heterocycles. The molecule has 126 valence electrons. The predicted molar refractivity (Wildman–Crippen MR) is 92.6 cm³/mol. The first-order chi connectivity index (χ1) is 11.7. The maximum absolute atomic E-state index is 5.79. The van der Waals surface area contributed by atoms with Gasteiger partial charge in [-0.1, -0.05) is 18.2 Å². The lowest BCUT2D eigenvalue weighted by Gasteiger charge is -2.37. The van der Waals surface area contributed by atoms with Crippen LogP contribution in [0.4, 0.5) is 17.5 Å². The Balaban J connectivity index is 1.49. The second kappa shape index (κ2) is 6.37. The van der Waals surface area contributed by atoms with Gasteiger partial charge in [-0.2, -0.15) is 4.98 Å². The molecule has 0 bridgehead atoms. The van der Waals surface area contributed by atoms with E-state index in [1.165, 1.54) is 0 Å². The van der Waals surface area contributed by atoms with Crippen LogP contribution >= 0.6 is 0 Å². The summed E-state index contributed by atoms with van der Waals surface area (Å²) in [4.78, 5) is 11.5. The molecule has 0 radical (unpaired) electrons. The van der Waals surface area contributed by atoms with Gasteiger partial charge in [0.1, 0.15) is 5.82 Å². The van der Waals surface area contributed by atoms with E-state index < -0.39 is 0 Å². The number of ether oxygens (including phenoxy) is 2. The number of rotatable bonds is 3. The molecule has 0 amide bonds. The molecule has 0 unspecified atom stereocenters. The average Bonchev–Trinajstić information content (AvgIpc) is 3.04. The molecule has 1 spiro atoms. The molecule has 6 nitrogen and oxygen atoms in total. The number of hydrogen-bond acceptors (Lipinski definition) is 6. The number of aryl methyl sites for hydroxylation is 1. The van der Waals surface area contributed by atoms with Gasteiger partial charge in [0, 0.05) is 43.4 Å². The van der Waals surface area contributed by atoms with Gasteiger partial charge in [0.25, 0.3) is 0 Å². The molecule has 0 atom stereocenters. The van der Waals surface area contributed by atoms with Gasteiger partial charge < -0.3 is 19.7 Å². The molecule has 2 aliphatic heterocycles. The molecule has 2 aliphatic rings. The van der Waals surface area contributed by atoms with Crippen LogP contribution in [0, 0.1) is 6.92 Å². The molecule has 1 aromatic carbocycles. The highest BCUT2D eigenvalue weighted by molar-refractivity contribution is 5.57. The lowest BCUT2D eigenvalue weighted by atomic mass is 10.0. The van der Waals surface area contributed by atoms with Gasteiger partial charge in [-0.05, 0) is 19.1 Å². The van der Waals surface area contributed by atoms with Crippen LogP contribution in [0.3, 0.4) is 0 Å². The molecular weight excluding hydrogens is 304 g/mol. The van der Waals surface area contributed by atoms with Crippen LogP contribution in [0.25, 0.3) is 0 Å². The third kappa shape index (κ3) is 3.20. The van der Waals surface area contributed by atoms with Crippen molar-refractivity contribution >= 4 is 17.5 Å². The number of nitrogens with zero attached hydrogens (tertiary/aromatic N) is 3. The van der Waals surface area contributed by atoms with Gasteiger partial charge in [-0.3, -0.25) is 0 Å². The van der Waals surface area contributed by atoms with Gasteiger partial charge in [-0.15, -0.1) is 0 Å². The highest BCUT2D eigenvalue weighted by Gasteiger charge is 2.40. The van der Waals surface area contributed by atoms with E-state index in [2.05, 4.69) is 20.2 Å². The first-order valence-corrected chi connectivity index (χ1v) is 8.43. The average molecular weight is 326 g/mol. The summed E-state index contributed by atoms with van der Waals surface area (Å²) in [5.74, 6) is 1.21.